The molecule has 2 atom stereocenters. The maximum absolute atomic E-state index is 10.2. The van der Waals surface area contributed by atoms with Gasteiger partial charge in [0.25, 0.3) is 0 Å². The summed E-state index contributed by atoms with van der Waals surface area (Å²) in [7, 11) is 0. The standard InChI is InChI=1S/C18H30O2/c1-6-14(7-2)17(20)16(19)12-13-8-10-15(11-9-13)18(3,4)5/h8-11,14,16-17,19-20H,6-7,12H2,1-5H3. The Kier molecular flexibility index (Phi) is 6.22. The molecule has 0 aromatic heterocycles. The Hall–Kier alpha value is -0.860. The van der Waals surface area contributed by atoms with Crippen molar-refractivity contribution in [2.45, 2.75) is 71.5 Å². The highest BCUT2D eigenvalue weighted by Crippen LogP contribution is 2.23. The second-order valence-electron chi connectivity index (χ2n) is 6.79. The second kappa shape index (κ2) is 7.24. The van der Waals surface area contributed by atoms with Crippen LogP contribution in [0.15, 0.2) is 24.3 Å². The van der Waals surface area contributed by atoms with E-state index in [1.165, 1.54) is 5.56 Å². The monoisotopic (exact) mass is 278 g/mol. The van der Waals surface area contributed by atoms with Gasteiger partial charge in [-0.15, -0.1) is 0 Å². The first-order chi connectivity index (χ1) is 9.29. The Morgan fingerprint density at radius 3 is 1.85 bits per heavy atom. The van der Waals surface area contributed by atoms with Crippen molar-refractivity contribution in [3.63, 3.8) is 0 Å². The van der Waals surface area contributed by atoms with Gasteiger partial charge in [-0.2, -0.15) is 0 Å². The molecule has 0 aliphatic heterocycles. The van der Waals surface area contributed by atoms with E-state index in [9.17, 15) is 10.2 Å². The van der Waals surface area contributed by atoms with Gasteiger partial charge in [0.15, 0.2) is 0 Å². The molecular weight excluding hydrogens is 248 g/mol. The molecule has 2 heteroatoms. The summed E-state index contributed by atoms with van der Waals surface area (Å²) in [6, 6.07) is 8.35. The van der Waals surface area contributed by atoms with Crippen molar-refractivity contribution in [3.05, 3.63) is 35.4 Å². The first-order valence-electron chi connectivity index (χ1n) is 7.75. The van der Waals surface area contributed by atoms with Crippen molar-refractivity contribution in [2.24, 2.45) is 5.92 Å². The molecule has 2 N–H and O–H groups in total. The Morgan fingerprint density at radius 1 is 0.950 bits per heavy atom. The van der Waals surface area contributed by atoms with Gasteiger partial charge in [0.2, 0.25) is 0 Å². The van der Waals surface area contributed by atoms with Crippen LogP contribution in [0.3, 0.4) is 0 Å². The van der Waals surface area contributed by atoms with Gasteiger partial charge in [-0.25, -0.2) is 0 Å². The molecular formula is C18H30O2. The highest BCUT2D eigenvalue weighted by Gasteiger charge is 2.24. The first-order valence-corrected chi connectivity index (χ1v) is 7.75. The summed E-state index contributed by atoms with van der Waals surface area (Å²) in [5.74, 6) is 0.179. The predicted octanol–water partition coefficient (Wildman–Crippen LogP) is 3.68. The van der Waals surface area contributed by atoms with Gasteiger partial charge in [0, 0.05) is 6.42 Å². The Morgan fingerprint density at radius 2 is 1.45 bits per heavy atom. The van der Waals surface area contributed by atoms with E-state index >= 15 is 0 Å². The van der Waals surface area contributed by atoms with E-state index < -0.39 is 12.2 Å². The molecule has 0 heterocycles. The predicted molar refractivity (Wildman–Crippen MR) is 84.9 cm³/mol. The third kappa shape index (κ3) is 4.60. The summed E-state index contributed by atoms with van der Waals surface area (Å²) in [6.07, 6.45) is 1.00. The molecule has 20 heavy (non-hydrogen) atoms. The zero-order chi connectivity index (χ0) is 15.3. The molecule has 1 rings (SSSR count). The first kappa shape index (κ1) is 17.2. The van der Waals surface area contributed by atoms with Gasteiger partial charge in [0.1, 0.15) is 0 Å². The Balaban J connectivity index is 2.69. The lowest BCUT2D eigenvalue weighted by molar-refractivity contribution is -0.0187. The van der Waals surface area contributed by atoms with Crippen LogP contribution in [-0.4, -0.2) is 22.4 Å². The van der Waals surface area contributed by atoms with Gasteiger partial charge in [0.05, 0.1) is 12.2 Å². The van der Waals surface area contributed by atoms with E-state index in [-0.39, 0.29) is 11.3 Å². The molecule has 114 valence electrons. The van der Waals surface area contributed by atoms with Crippen LogP contribution in [0.2, 0.25) is 0 Å². The fraction of sp³-hybridized carbons (Fsp3) is 0.667. The van der Waals surface area contributed by atoms with Gasteiger partial charge in [-0.05, 0) is 22.5 Å². The van der Waals surface area contributed by atoms with Crippen LogP contribution in [-0.2, 0) is 11.8 Å². The van der Waals surface area contributed by atoms with Gasteiger partial charge < -0.3 is 10.2 Å². The third-order valence-corrected chi connectivity index (χ3v) is 4.19. The lowest BCUT2D eigenvalue weighted by Crippen LogP contribution is -2.34. The number of aliphatic hydroxyl groups excluding tert-OH is 2. The lowest BCUT2D eigenvalue weighted by atomic mass is 9.85. The fourth-order valence-electron chi connectivity index (χ4n) is 2.59. The lowest BCUT2D eigenvalue weighted by Gasteiger charge is -2.25. The summed E-state index contributed by atoms with van der Waals surface area (Å²) in [4.78, 5) is 0. The molecule has 1 aromatic rings. The minimum Gasteiger partial charge on any atom is -0.390 e. The van der Waals surface area contributed by atoms with Gasteiger partial charge >= 0.3 is 0 Å². The van der Waals surface area contributed by atoms with Crippen LogP contribution in [0.5, 0.6) is 0 Å². The molecule has 2 nitrogen and oxygen atoms in total. The summed E-state index contributed by atoms with van der Waals surface area (Å²) in [5, 5.41) is 20.4. The number of rotatable bonds is 6. The van der Waals surface area contributed by atoms with E-state index in [1.807, 2.05) is 0 Å². The summed E-state index contributed by atoms with van der Waals surface area (Å²) in [5.41, 5.74) is 2.51. The van der Waals surface area contributed by atoms with Gasteiger partial charge in [-0.1, -0.05) is 71.7 Å². The van der Waals surface area contributed by atoms with E-state index in [0.717, 1.165) is 18.4 Å². The van der Waals surface area contributed by atoms with E-state index in [0.29, 0.717) is 6.42 Å². The normalized spacial score (nSPS) is 15.4. The Bertz CT molecular complexity index is 385. The van der Waals surface area contributed by atoms with Crippen molar-refractivity contribution >= 4 is 0 Å². The van der Waals surface area contributed by atoms with Crippen molar-refractivity contribution in [1.29, 1.82) is 0 Å². The molecule has 0 fully saturated rings. The maximum atomic E-state index is 10.2. The van der Waals surface area contributed by atoms with Crippen LogP contribution in [0.25, 0.3) is 0 Å². The highest BCUT2D eigenvalue weighted by molar-refractivity contribution is 5.27. The quantitative estimate of drug-likeness (QED) is 0.833. The summed E-state index contributed by atoms with van der Waals surface area (Å²) in [6.45, 7) is 10.7. The zero-order valence-corrected chi connectivity index (χ0v) is 13.6. The zero-order valence-electron chi connectivity index (χ0n) is 13.6. The van der Waals surface area contributed by atoms with Crippen molar-refractivity contribution in [1.82, 2.24) is 0 Å². The van der Waals surface area contributed by atoms with Crippen LogP contribution < -0.4 is 0 Å². The van der Waals surface area contributed by atoms with Crippen LogP contribution in [0.4, 0.5) is 0 Å². The minimum atomic E-state index is -0.680. The third-order valence-electron chi connectivity index (χ3n) is 4.19. The average molecular weight is 278 g/mol. The summed E-state index contributed by atoms with van der Waals surface area (Å²) >= 11 is 0. The summed E-state index contributed by atoms with van der Waals surface area (Å²) < 4.78 is 0. The smallest absolute Gasteiger partial charge is 0.0842 e. The maximum Gasteiger partial charge on any atom is 0.0842 e. The molecule has 0 bridgehead atoms. The number of benzene rings is 1. The molecule has 0 saturated heterocycles. The van der Waals surface area contributed by atoms with Gasteiger partial charge in [-0.3, -0.25) is 0 Å². The highest BCUT2D eigenvalue weighted by atomic mass is 16.3. The van der Waals surface area contributed by atoms with Crippen molar-refractivity contribution < 1.29 is 10.2 Å². The van der Waals surface area contributed by atoms with Crippen LogP contribution >= 0.6 is 0 Å². The SMILES string of the molecule is CCC(CC)C(O)C(O)Cc1ccc(C(C)(C)C)cc1. The van der Waals surface area contributed by atoms with E-state index in [1.54, 1.807) is 0 Å². The second-order valence-corrected chi connectivity index (χ2v) is 6.79. The number of hydrogen-bond donors (Lipinski definition) is 2. The van der Waals surface area contributed by atoms with Crippen LogP contribution in [0, 0.1) is 5.92 Å². The van der Waals surface area contributed by atoms with E-state index in [4.69, 9.17) is 0 Å². The Labute approximate surface area is 123 Å². The largest absolute Gasteiger partial charge is 0.390 e. The topological polar surface area (TPSA) is 40.5 Å². The molecule has 0 amide bonds. The molecule has 1 aromatic carbocycles. The molecule has 0 aliphatic carbocycles. The molecule has 0 aliphatic rings. The fourth-order valence-corrected chi connectivity index (χ4v) is 2.59. The molecule has 0 radical (unpaired) electrons. The van der Waals surface area contributed by atoms with E-state index in [2.05, 4.69) is 58.9 Å². The average Bonchev–Trinajstić information content (AvgIpc) is 2.39. The molecule has 0 saturated carbocycles. The number of aliphatic hydroxyl groups is 2. The minimum absolute atomic E-state index is 0.145. The number of hydrogen-bond acceptors (Lipinski definition) is 2. The van der Waals surface area contributed by atoms with Crippen molar-refractivity contribution in [3.8, 4) is 0 Å². The van der Waals surface area contributed by atoms with Crippen LogP contribution in [0.1, 0.15) is 58.6 Å². The molecule has 2 unspecified atom stereocenters. The molecule has 0 spiro atoms. The van der Waals surface area contributed by atoms with Crippen molar-refractivity contribution in [2.75, 3.05) is 0 Å².